The largest absolute Gasteiger partial charge is 0.336 e. The Hall–Kier alpha value is -1.35. The standard InChI is InChI=1S/C15H22N2O/c1-11-5-6-13(12(2)9-11)14(18)17-8-7-16-15(3,4)10-17/h5-6,9,16H,7-8,10H2,1-4H3. The zero-order valence-corrected chi connectivity index (χ0v) is 11.7. The van der Waals surface area contributed by atoms with Crippen molar-refractivity contribution in [2.24, 2.45) is 0 Å². The predicted molar refractivity (Wildman–Crippen MR) is 73.9 cm³/mol. The Bertz CT molecular complexity index is 466. The van der Waals surface area contributed by atoms with Crippen molar-refractivity contribution in [3.05, 3.63) is 34.9 Å². The van der Waals surface area contributed by atoms with E-state index in [9.17, 15) is 4.79 Å². The number of benzene rings is 1. The van der Waals surface area contributed by atoms with E-state index in [1.807, 2.05) is 24.0 Å². The van der Waals surface area contributed by atoms with Crippen LogP contribution in [0.15, 0.2) is 18.2 Å². The number of amides is 1. The number of aryl methyl sites for hydroxylation is 2. The van der Waals surface area contributed by atoms with Crippen molar-refractivity contribution >= 4 is 5.91 Å². The van der Waals surface area contributed by atoms with Crippen molar-refractivity contribution in [1.82, 2.24) is 10.2 Å². The first-order valence-corrected chi connectivity index (χ1v) is 6.51. The van der Waals surface area contributed by atoms with Crippen LogP contribution in [-0.4, -0.2) is 36.0 Å². The van der Waals surface area contributed by atoms with Crippen molar-refractivity contribution in [3.63, 3.8) is 0 Å². The van der Waals surface area contributed by atoms with Crippen molar-refractivity contribution in [3.8, 4) is 0 Å². The van der Waals surface area contributed by atoms with E-state index < -0.39 is 0 Å². The summed E-state index contributed by atoms with van der Waals surface area (Å²) in [6.07, 6.45) is 0. The first kappa shape index (κ1) is 13.1. The molecule has 1 saturated heterocycles. The number of hydrogen-bond donors (Lipinski definition) is 1. The van der Waals surface area contributed by atoms with Crippen LogP contribution >= 0.6 is 0 Å². The van der Waals surface area contributed by atoms with E-state index in [-0.39, 0.29) is 11.4 Å². The number of hydrogen-bond acceptors (Lipinski definition) is 2. The lowest BCUT2D eigenvalue weighted by Crippen LogP contribution is -2.58. The van der Waals surface area contributed by atoms with Gasteiger partial charge in [0.05, 0.1) is 0 Å². The molecule has 2 rings (SSSR count). The molecule has 1 aromatic rings. The van der Waals surface area contributed by atoms with Gasteiger partial charge >= 0.3 is 0 Å². The summed E-state index contributed by atoms with van der Waals surface area (Å²) in [6.45, 7) is 10.7. The zero-order chi connectivity index (χ0) is 13.3. The third-order valence-electron chi connectivity index (χ3n) is 3.47. The van der Waals surface area contributed by atoms with Gasteiger partial charge in [-0.2, -0.15) is 0 Å². The summed E-state index contributed by atoms with van der Waals surface area (Å²) >= 11 is 0. The highest BCUT2D eigenvalue weighted by Gasteiger charge is 2.29. The molecule has 1 heterocycles. The normalized spacial score (nSPS) is 18.8. The molecule has 0 spiro atoms. The molecule has 1 amide bonds. The SMILES string of the molecule is Cc1ccc(C(=O)N2CCNC(C)(C)C2)c(C)c1. The average molecular weight is 246 g/mol. The molecular weight excluding hydrogens is 224 g/mol. The van der Waals surface area contributed by atoms with Crippen LogP contribution in [0.25, 0.3) is 0 Å². The summed E-state index contributed by atoms with van der Waals surface area (Å²) in [5.41, 5.74) is 3.10. The molecule has 3 nitrogen and oxygen atoms in total. The molecule has 0 atom stereocenters. The maximum Gasteiger partial charge on any atom is 0.254 e. The lowest BCUT2D eigenvalue weighted by atomic mass is 9.99. The van der Waals surface area contributed by atoms with Gasteiger partial charge in [0.25, 0.3) is 5.91 Å². The summed E-state index contributed by atoms with van der Waals surface area (Å²) in [5, 5.41) is 3.42. The highest BCUT2D eigenvalue weighted by Crippen LogP contribution is 2.17. The smallest absolute Gasteiger partial charge is 0.254 e. The first-order chi connectivity index (χ1) is 8.39. The number of rotatable bonds is 1. The molecule has 0 saturated carbocycles. The fourth-order valence-electron chi connectivity index (χ4n) is 2.54. The second kappa shape index (κ2) is 4.73. The fraction of sp³-hybridized carbons (Fsp3) is 0.533. The van der Waals surface area contributed by atoms with Gasteiger partial charge in [0.2, 0.25) is 0 Å². The molecule has 0 bridgehead atoms. The Morgan fingerprint density at radius 1 is 1.33 bits per heavy atom. The van der Waals surface area contributed by atoms with Gasteiger partial charge in [-0.25, -0.2) is 0 Å². The van der Waals surface area contributed by atoms with Gasteiger partial charge in [-0.1, -0.05) is 17.7 Å². The number of nitrogens with one attached hydrogen (secondary N) is 1. The van der Waals surface area contributed by atoms with Crippen molar-refractivity contribution < 1.29 is 4.79 Å². The van der Waals surface area contributed by atoms with Crippen LogP contribution < -0.4 is 5.32 Å². The van der Waals surface area contributed by atoms with Crippen LogP contribution in [0.4, 0.5) is 0 Å². The predicted octanol–water partition coefficient (Wildman–Crippen LogP) is 2.13. The third-order valence-corrected chi connectivity index (χ3v) is 3.47. The van der Waals surface area contributed by atoms with Crippen molar-refractivity contribution in [2.75, 3.05) is 19.6 Å². The Labute approximate surface area is 109 Å². The first-order valence-electron chi connectivity index (χ1n) is 6.51. The van der Waals surface area contributed by atoms with Crippen LogP contribution in [0.5, 0.6) is 0 Å². The van der Waals surface area contributed by atoms with Crippen LogP contribution in [0.2, 0.25) is 0 Å². The molecule has 3 heteroatoms. The molecule has 1 aromatic carbocycles. The van der Waals surface area contributed by atoms with Gasteiger partial charge in [-0.05, 0) is 39.3 Å². The maximum absolute atomic E-state index is 12.5. The minimum atomic E-state index is 0.00646. The van der Waals surface area contributed by atoms with Gasteiger partial charge in [-0.3, -0.25) is 4.79 Å². The summed E-state index contributed by atoms with van der Waals surface area (Å²) in [7, 11) is 0. The van der Waals surface area contributed by atoms with Crippen LogP contribution in [0.1, 0.15) is 35.3 Å². The minimum absolute atomic E-state index is 0.00646. The molecule has 18 heavy (non-hydrogen) atoms. The minimum Gasteiger partial charge on any atom is -0.336 e. The average Bonchev–Trinajstić information content (AvgIpc) is 2.27. The lowest BCUT2D eigenvalue weighted by Gasteiger charge is -2.39. The highest BCUT2D eigenvalue weighted by molar-refractivity contribution is 5.95. The van der Waals surface area contributed by atoms with Crippen LogP contribution in [-0.2, 0) is 0 Å². The Kier molecular flexibility index (Phi) is 3.44. The second-order valence-corrected chi connectivity index (χ2v) is 5.86. The lowest BCUT2D eigenvalue weighted by molar-refractivity contribution is 0.0651. The number of carbonyl (C=O) groups is 1. The molecule has 0 aliphatic carbocycles. The van der Waals surface area contributed by atoms with Gasteiger partial charge < -0.3 is 10.2 Å². The molecule has 0 aromatic heterocycles. The molecule has 0 unspecified atom stereocenters. The fourth-order valence-corrected chi connectivity index (χ4v) is 2.54. The highest BCUT2D eigenvalue weighted by atomic mass is 16.2. The van der Waals surface area contributed by atoms with Crippen LogP contribution in [0.3, 0.4) is 0 Å². The van der Waals surface area contributed by atoms with E-state index in [2.05, 4.69) is 32.2 Å². The second-order valence-electron chi connectivity index (χ2n) is 5.86. The number of piperazine rings is 1. The van der Waals surface area contributed by atoms with Gasteiger partial charge in [0, 0.05) is 30.7 Å². The zero-order valence-electron chi connectivity index (χ0n) is 11.7. The number of carbonyl (C=O) groups excluding carboxylic acids is 1. The van der Waals surface area contributed by atoms with Crippen LogP contribution in [0, 0.1) is 13.8 Å². The van der Waals surface area contributed by atoms with Crippen molar-refractivity contribution in [1.29, 1.82) is 0 Å². The maximum atomic E-state index is 12.5. The summed E-state index contributed by atoms with van der Waals surface area (Å²) in [4.78, 5) is 14.5. The quantitative estimate of drug-likeness (QED) is 0.823. The third kappa shape index (κ3) is 2.72. The van der Waals surface area contributed by atoms with E-state index in [1.165, 1.54) is 5.56 Å². The molecule has 98 valence electrons. The van der Waals surface area contributed by atoms with Gasteiger partial charge in [-0.15, -0.1) is 0 Å². The van der Waals surface area contributed by atoms with Crippen molar-refractivity contribution in [2.45, 2.75) is 33.2 Å². The topological polar surface area (TPSA) is 32.3 Å². The van der Waals surface area contributed by atoms with E-state index in [1.54, 1.807) is 0 Å². The Morgan fingerprint density at radius 2 is 2.06 bits per heavy atom. The van der Waals surface area contributed by atoms with E-state index >= 15 is 0 Å². The summed E-state index contributed by atoms with van der Waals surface area (Å²) in [5.74, 6) is 0.155. The molecule has 1 aliphatic heterocycles. The number of nitrogens with zero attached hydrogens (tertiary/aromatic N) is 1. The molecular formula is C15H22N2O. The van der Waals surface area contributed by atoms with E-state index in [4.69, 9.17) is 0 Å². The molecule has 0 radical (unpaired) electrons. The van der Waals surface area contributed by atoms with E-state index in [0.717, 1.165) is 30.8 Å². The molecule has 1 fully saturated rings. The molecule has 1 aliphatic rings. The Morgan fingerprint density at radius 3 is 2.67 bits per heavy atom. The summed E-state index contributed by atoms with van der Waals surface area (Å²) < 4.78 is 0. The Balaban J connectivity index is 2.20. The monoisotopic (exact) mass is 246 g/mol. The van der Waals surface area contributed by atoms with Gasteiger partial charge in [0.1, 0.15) is 0 Å². The van der Waals surface area contributed by atoms with Gasteiger partial charge in [0.15, 0.2) is 0 Å². The molecule has 1 N–H and O–H groups in total. The van der Waals surface area contributed by atoms with E-state index in [0.29, 0.717) is 0 Å². The summed E-state index contributed by atoms with van der Waals surface area (Å²) in [6, 6.07) is 6.02.